The topological polar surface area (TPSA) is 35.6 Å². The van der Waals surface area contributed by atoms with Crippen LogP contribution < -0.4 is 5.32 Å². The van der Waals surface area contributed by atoms with Crippen molar-refractivity contribution in [3.63, 3.8) is 0 Å². The summed E-state index contributed by atoms with van der Waals surface area (Å²) in [6, 6.07) is 10.5. The third-order valence-electron chi connectivity index (χ3n) is 5.28. The van der Waals surface area contributed by atoms with Gasteiger partial charge in [0.15, 0.2) is 0 Å². The van der Waals surface area contributed by atoms with Crippen molar-refractivity contribution >= 4 is 22.9 Å². The molecule has 4 rings (SSSR count). The Kier molecular flexibility index (Phi) is 4.40. The molecule has 1 aromatic heterocycles. The van der Waals surface area contributed by atoms with Gasteiger partial charge in [-0.3, -0.25) is 9.69 Å². The standard InChI is InChI=1S/C20H25N3OS/c1-22(2)11-15-10-16(25-13-15)12-23-9-5-8-20(14-23)17-6-3-4-7-18(17)21-19(20)24/h3-4,6-7,10,13H,5,8-9,11-12,14H2,1-2H3,(H,21,24). The summed E-state index contributed by atoms with van der Waals surface area (Å²) < 4.78 is 0. The van der Waals surface area contributed by atoms with E-state index in [9.17, 15) is 4.79 Å². The van der Waals surface area contributed by atoms with Gasteiger partial charge in [0.25, 0.3) is 0 Å². The molecule has 132 valence electrons. The van der Waals surface area contributed by atoms with Crippen molar-refractivity contribution in [2.75, 3.05) is 32.5 Å². The number of nitrogens with zero attached hydrogens (tertiary/aromatic N) is 2. The summed E-state index contributed by atoms with van der Waals surface area (Å²) in [6.45, 7) is 3.81. The second-order valence-corrected chi connectivity index (χ2v) is 8.55. The van der Waals surface area contributed by atoms with Gasteiger partial charge in [-0.25, -0.2) is 0 Å². The van der Waals surface area contributed by atoms with Gasteiger partial charge in [-0.1, -0.05) is 18.2 Å². The van der Waals surface area contributed by atoms with Crippen LogP contribution in [0.4, 0.5) is 5.69 Å². The fourth-order valence-electron chi connectivity index (χ4n) is 4.24. The number of anilines is 1. The number of fused-ring (bicyclic) bond motifs is 2. The lowest BCUT2D eigenvalue weighted by molar-refractivity contribution is -0.122. The highest BCUT2D eigenvalue weighted by Crippen LogP contribution is 2.43. The SMILES string of the molecule is CN(C)Cc1csc(CN2CCCC3(C2)C(=O)Nc2ccccc23)c1. The number of amides is 1. The van der Waals surface area contributed by atoms with Gasteiger partial charge >= 0.3 is 0 Å². The molecule has 1 aromatic carbocycles. The van der Waals surface area contributed by atoms with Crippen LogP contribution in [0.3, 0.4) is 0 Å². The lowest BCUT2D eigenvalue weighted by Gasteiger charge is -2.38. The normalized spacial score (nSPS) is 23.2. The zero-order valence-electron chi connectivity index (χ0n) is 14.9. The molecule has 2 aliphatic heterocycles. The predicted molar refractivity (Wildman–Crippen MR) is 103 cm³/mol. The Morgan fingerprint density at radius 2 is 2.16 bits per heavy atom. The summed E-state index contributed by atoms with van der Waals surface area (Å²) in [7, 11) is 4.20. The number of nitrogens with one attached hydrogen (secondary N) is 1. The number of hydrogen-bond acceptors (Lipinski definition) is 4. The number of thiophene rings is 1. The Labute approximate surface area is 153 Å². The highest BCUT2D eigenvalue weighted by Gasteiger charge is 2.48. The van der Waals surface area contributed by atoms with Gasteiger partial charge in [0, 0.05) is 30.2 Å². The second-order valence-electron chi connectivity index (χ2n) is 7.56. The number of rotatable bonds is 4. The quantitative estimate of drug-likeness (QED) is 0.914. The van der Waals surface area contributed by atoms with E-state index in [2.05, 4.69) is 46.7 Å². The number of likely N-dealkylation sites (tertiary alicyclic amines) is 1. The highest BCUT2D eigenvalue weighted by molar-refractivity contribution is 7.10. The van der Waals surface area contributed by atoms with Crippen molar-refractivity contribution in [3.8, 4) is 0 Å². The fraction of sp³-hybridized carbons (Fsp3) is 0.450. The van der Waals surface area contributed by atoms with Gasteiger partial charge in [0.1, 0.15) is 0 Å². The van der Waals surface area contributed by atoms with Gasteiger partial charge in [0.2, 0.25) is 5.91 Å². The number of piperidine rings is 1. The van der Waals surface area contributed by atoms with Crippen molar-refractivity contribution in [1.29, 1.82) is 0 Å². The second kappa shape index (κ2) is 6.56. The minimum Gasteiger partial charge on any atom is -0.325 e. The molecule has 25 heavy (non-hydrogen) atoms. The van der Waals surface area contributed by atoms with Gasteiger partial charge in [-0.15, -0.1) is 11.3 Å². The Morgan fingerprint density at radius 1 is 1.32 bits per heavy atom. The average Bonchev–Trinajstić information content (AvgIpc) is 3.11. The van der Waals surface area contributed by atoms with E-state index in [4.69, 9.17) is 0 Å². The molecule has 0 bridgehead atoms. The molecule has 0 saturated carbocycles. The van der Waals surface area contributed by atoms with Crippen molar-refractivity contribution in [2.24, 2.45) is 0 Å². The van der Waals surface area contributed by atoms with E-state index in [1.165, 1.54) is 16.0 Å². The van der Waals surface area contributed by atoms with Crippen LogP contribution in [0.15, 0.2) is 35.7 Å². The molecule has 3 heterocycles. The molecule has 1 unspecified atom stereocenters. The summed E-state index contributed by atoms with van der Waals surface area (Å²) >= 11 is 1.83. The van der Waals surface area contributed by atoms with Crippen LogP contribution in [-0.4, -0.2) is 42.9 Å². The van der Waals surface area contributed by atoms with Crippen LogP contribution in [0, 0.1) is 0 Å². The molecule has 1 saturated heterocycles. The van der Waals surface area contributed by atoms with Crippen molar-refractivity contribution in [1.82, 2.24) is 9.80 Å². The molecule has 5 heteroatoms. The Balaban J connectivity index is 1.52. The van der Waals surface area contributed by atoms with E-state index in [0.717, 1.165) is 44.7 Å². The van der Waals surface area contributed by atoms with Crippen LogP contribution in [0.5, 0.6) is 0 Å². The fourth-order valence-corrected chi connectivity index (χ4v) is 5.16. The molecule has 1 fully saturated rings. The molecule has 1 amide bonds. The van der Waals surface area contributed by atoms with Gasteiger partial charge in [-0.2, -0.15) is 0 Å². The molecular formula is C20H25N3OS. The molecule has 2 aromatic rings. The maximum absolute atomic E-state index is 12.8. The van der Waals surface area contributed by atoms with Crippen LogP contribution in [-0.2, 0) is 23.3 Å². The summed E-state index contributed by atoms with van der Waals surface area (Å²) in [4.78, 5) is 18.8. The predicted octanol–water partition coefficient (Wildman–Crippen LogP) is 3.30. The zero-order chi connectivity index (χ0) is 17.4. The minimum atomic E-state index is -0.363. The lowest BCUT2D eigenvalue weighted by atomic mass is 9.75. The Morgan fingerprint density at radius 3 is 3.00 bits per heavy atom. The first-order valence-corrected chi connectivity index (χ1v) is 9.79. The van der Waals surface area contributed by atoms with Crippen LogP contribution in [0.2, 0.25) is 0 Å². The molecule has 1 atom stereocenters. The molecule has 0 aliphatic carbocycles. The molecular weight excluding hydrogens is 330 g/mol. The molecule has 1 N–H and O–H groups in total. The molecule has 4 nitrogen and oxygen atoms in total. The Hall–Kier alpha value is -1.69. The van der Waals surface area contributed by atoms with E-state index in [0.29, 0.717) is 0 Å². The molecule has 0 radical (unpaired) electrons. The third-order valence-corrected chi connectivity index (χ3v) is 6.25. The first-order chi connectivity index (χ1) is 12.1. The maximum atomic E-state index is 12.8. The minimum absolute atomic E-state index is 0.179. The van der Waals surface area contributed by atoms with Crippen molar-refractivity contribution < 1.29 is 4.79 Å². The zero-order valence-corrected chi connectivity index (χ0v) is 15.7. The smallest absolute Gasteiger partial charge is 0.236 e. The van der Waals surface area contributed by atoms with E-state index in [1.807, 2.05) is 29.5 Å². The van der Waals surface area contributed by atoms with E-state index in [-0.39, 0.29) is 11.3 Å². The van der Waals surface area contributed by atoms with Crippen LogP contribution >= 0.6 is 11.3 Å². The van der Waals surface area contributed by atoms with E-state index < -0.39 is 0 Å². The highest BCUT2D eigenvalue weighted by atomic mass is 32.1. The summed E-state index contributed by atoms with van der Waals surface area (Å²) in [5, 5.41) is 5.36. The summed E-state index contributed by atoms with van der Waals surface area (Å²) in [5.74, 6) is 0.179. The van der Waals surface area contributed by atoms with Crippen LogP contribution in [0.25, 0.3) is 0 Å². The number of carbonyl (C=O) groups is 1. The number of carbonyl (C=O) groups excluding carboxylic acids is 1. The largest absolute Gasteiger partial charge is 0.325 e. The Bertz CT molecular complexity index is 785. The first kappa shape index (κ1) is 16.8. The first-order valence-electron chi connectivity index (χ1n) is 8.91. The van der Waals surface area contributed by atoms with Gasteiger partial charge < -0.3 is 10.2 Å². The number of para-hydroxylation sites is 1. The number of hydrogen-bond donors (Lipinski definition) is 1. The van der Waals surface area contributed by atoms with E-state index in [1.54, 1.807) is 0 Å². The lowest BCUT2D eigenvalue weighted by Crippen LogP contribution is -2.49. The van der Waals surface area contributed by atoms with Gasteiger partial charge in [0.05, 0.1) is 5.41 Å². The van der Waals surface area contributed by atoms with Gasteiger partial charge in [-0.05, 0) is 62.1 Å². The average molecular weight is 356 g/mol. The molecule has 2 aliphatic rings. The molecule has 1 spiro atoms. The third kappa shape index (κ3) is 3.12. The maximum Gasteiger partial charge on any atom is 0.236 e. The number of benzene rings is 1. The van der Waals surface area contributed by atoms with E-state index >= 15 is 0 Å². The van der Waals surface area contributed by atoms with Crippen molar-refractivity contribution in [2.45, 2.75) is 31.3 Å². The van der Waals surface area contributed by atoms with Crippen LogP contribution in [0.1, 0.15) is 28.8 Å². The summed E-state index contributed by atoms with van der Waals surface area (Å²) in [6.07, 6.45) is 2.01. The monoisotopic (exact) mass is 355 g/mol. The summed E-state index contributed by atoms with van der Waals surface area (Å²) in [5.41, 5.74) is 3.20. The van der Waals surface area contributed by atoms with Crippen molar-refractivity contribution in [3.05, 3.63) is 51.7 Å².